The van der Waals surface area contributed by atoms with Crippen molar-refractivity contribution in [1.29, 1.82) is 0 Å². The smallest absolute Gasteiger partial charge is 0.168 e. The molecule has 0 amide bonds. The van der Waals surface area contributed by atoms with Crippen molar-refractivity contribution in [2.45, 2.75) is 20.0 Å². The zero-order valence-corrected chi connectivity index (χ0v) is 14.6. The summed E-state index contributed by atoms with van der Waals surface area (Å²) < 4.78 is 7.75. The van der Waals surface area contributed by atoms with Gasteiger partial charge < -0.3 is 9.84 Å². The quantitative estimate of drug-likeness (QED) is 0.589. The van der Waals surface area contributed by atoms with Crippen molar-refractivity contribution in [3.8, 4) is 34.0 Å². The molecule has 0 fully saturated rings. The van der Waals surface area contributed by atoms with E-state index in [1.807, 2.05) is 66.9 Å². The SMILES string of the molecule is CC(C)Oc1cccc(-c2ccc3nnc(-c4ccc(O)cc4)n3c2)c1. The van der Waals surface area contributed by atoms with Crippen molar-refractivity contribution in [2.24, 2.45) is 0 Å². The predicted molar refractivity (Wildman–Crippen MR) is 101 cm³/mol. The number of fused-ring (bicyclic) bond motifs is 1. The molecule has 0 unspecified atom stereocenters. The van der Waals surface area contributed by atoms with Gasteiger partial charge >= 0.3 is 0 Å². The molecule has 4 aromatic rings. The van der Waals surface area contributed by atoms with Gasteiger partial charge in [0.25, 0.3) is 0 Å². The molecule has 5 heteroatoms. The van der Waals surface area contributed by atoms with E-state index >= 15 is 0 Å². The number of phenolic OH excluding ortho intramolecular Hbond substituents is 1. The number of benzene rings is 2. The minimum atomic E-state index is 0.131. The average molecular weight is 345 g/mol. The van der Waals surface area contributed by atoms with Gasteiger partial charge in [0.1, 0.15) is 11.5 Å². The second kappa shape index (κ2) is 6.52. The number of hydrogen-bond acceptors (Lipinski definition) is 4. The van der Waals surface area contributed by atoms with Crippen LogP contribution < -0.4 is 4.74 Å². The normalized spacial score (nSPS) is 11.2. The summed E-state index contributed by atoms with van der Waals surface area (Å²) in [5.41, 5.74) is 3.78. The maximum Gasteiger partial charge on any atom is 0.168 e. The molecule has 2 aromatic heterocycles. The Morgan fingerprint density at radius 2 is 1.65 bits per heavy atom. The molecule has 1 N–H and O–H groups in total. The molecule has 26 heavy (non-hydrogen) atoms. The van der Waals surface area contributed by atoms with Gasteiger partial charge in [-0.2, -0.15) is 0 Å². The molecule has 2 heterocycles. The zero-order valence-electron chi connectivity index (χ0n) is 14.6. The van der Waals surface area contributed by atoms with Crippen LogP contribution in [0.1, 0.15) is 13.8 Å². The van der Waals surface area contributed by atoms with Crippen molar-refractivity contribution in [3.05, 3.63) is 66.9 Å². The molecular weight excluding hydrogens is 326 g/mol. The monoisotopic (exact) mass is 345 g/mol. The van der Waals surface area contributed by atoms with Crippen molar-refractivity contribution in [3.63, 3.8) is 0 Å². The third-order valence-electron chi connectivity index (χ3n) is 4.07. The Labute approximate surface area is 151 Å². The molecule has 5 nitrogen and oxygen atoms in total. The summed E-state index contributed by atoms with van der Waals surface area (Å²) in [5.74, 6) is 1.81. The lowest BCUT2D eigenvalue weighted by atomic mass is 10.1. The van der Waals surface area contributed by atoms with E-state index in [4.69, 9.17) is 4.74 Å². The van der Waals surface area contributed by atoms with E-state index in [-0.39, 0.29) is 11.9 Å². The first-order valence-corrected chi connectivity index (χ1v) is 8.51. The van der Waals surface area contributed by atoms with Crippen LogP contribution in [-0.4, -0.2) is 25.8 Å². The lowest BCUT2D eigenvalue weighted by molar-refractivity contribution is 0.242. The van der Waals surface area contributed by atoms with E-state index in [1.165, 1.54) is 0 Å². The van der Waals surface area contributed by atoms with Crippen molar-refractivity contribution in [2.75, 3.05) is 0 Å². The maximum atomic E-state index is 9.49. The van der Waals surface area contributed by atoms with Crippen LogP contribution in [-0.2, 0) is 0 Å². The van der Waals surface area contributed by atoms with E-state index in [2.05, 4.69) is 16.3 Å². The van der Waals surface area contributed by atoms with Gasteiger partial charge in [0.15, 0.2) is 11.5 Å². The van der Waals surface area contributed by atoms with E-state index < -0.39 is 0 Å². The fraction of sp³-hybridized carbons (Fsp3) is 0.143. The highest BCUT2D eigenvalue weighted by Crippen LogP contribution is 2.27. The van der Waals surface area contributed by atoms with Crippen molar-refractivity contribution < 1.29 is 9.84 Å². The molecule has 0 saturated carbocycles. The van der Waals surface area contributed by atoms with Gasteiger partial charge in [-0.1, -0.05) is 12.1 Å². The molecule has 0 bridgehead atoms. The Hall–Kier alpha value is -3.34. The van der Waals surface area contributed by atoms with Crippen molar-refractivity contribution in [1.82, 2.24) is 14.6 Å². The average Bonchev–Trinajstić information content (AvgIpc) is 3.05. The van der Waals surface area contributed by atoms with Crippen LogP contribution in [0.3, 0.4) is 0 Å². The van der Waals surface area contributed by atoms with Gasteiger partial charge in [0.2, 0.25) is 0 Å². The van der Waals surface area contributed by atoms with Gasteiger partial charge in [0.05, 0.1) is 6.10 Å². The molecule has 0 spiro atoms. The molecule has 0 saturated heterocycles. The van der Waals surface area contributed by atoms with Crippen LogP contribution in [0, 0.1) is 0 Å². The number of aromatic hydroxyl groups is 1. The summed E-state index contributed by atoms with van der Waals surface area (Å²) in [4.78, 5) is 0. The van der Waals surface area contributed by atoms with E-state index in [1.54, 1.807) is 12.1 Å². The summed E-state index contributed by atoms with van der Waals surface area (Å²) in [5, 5.41) is 18.0. The maximum absolute atomic E-state index is 9.49. The van der Waals surface area contributed by atoms with Crippen LogP contribution in [0.15, 0.2) is 66.9 Å². The number of phenols is 1. The number of hydrogen-bond donors (Lipinski definition) is 1. The topological polar surface area (TPSA) is 59.7 Å². The Balaban J connectivity index is 1.78. The van der Waals surface area contributed by atoms with Gasteiger partial charge in [-0.05, 0) is 73.5 Å². The van der Waals surface area contributed by atoms with Crippen LogP contribution >= 0.6 is 0 Å². The van der Waals surface area contributed by atoms with Crippen LogP contribution in [0.4, 0.5) is 0 Å². The van der Waals surface area contributed by atoms with Crippen LogP contribution in [0.25, 0.3) is 28.2 Å². The minimum Gasteiger partial charge on any atom is -0.508 e. The second-order valence-electron chi connectivity index (χ2n) is 6.41. The largest absolute Gasteiger partial charge is 0.508 e. The Bertz CT molecular complexity index is 1050. The summed E-state index contributed by atoms with van der Waals surface area (Å²) in [6.07, 6.45) is 2.15. The molecule has 0 atom stereocenters. The minimum absolute atomic E-state index is 0.131. The highest BCUT2D eigenvalue weighted by molar-refractivity contribution is 5.68. The number of pyridine rings is 1. The fourth-order valence-corrected chi connectivity index (χ4v) is 2.89. The van der Waals surface area contributed by atoms with Gasteiger partial charge in [-0.15, -0.1) is 10.2 Å². The highest BCUT2D eigenvalue weighted by Gasteiger charge is 2.10. The predicted octanol–water partition coefficient (Wildman–Crippen LogP) is 4.56. The molecule has 0 radical (unpaired) electrons. The first-order chi connectivity index (χ1) is 12.6. The molecule has 2 aromatic carbocycles. The molecule has 0 aliphatic carbocycles. The zero-order chi connectivity index (χ0) is 18.1. The number of aromatic nitrogens is 3. The molecule has 4 rings (SSSR count). The number of ether oxygens (including phenoxy) is 1. The van der Waals surface area contributed by atoms with E-state index in [9.17, 15) is 5.11 Å². The third-order valence-corrected chi connectivity index (χ3v) is 4.07. The standard InChI is InChI=1S/C21H19N3O2/c1-14(2)26-19-5-3-4-16(12-19)17-8-11-20-22-23-21(24(20)13-17)15-6-9-18(25)10-7-15/h3-14,25H,1-2H3. The first-order valence-electron chi connectivity index (χ1n) is 8.51. The second-order valence-corrected chi connectivity index (χ2v) is 6.41. The summed E-state index contributed by atoms with van der Waals surface area (Å²) in [6.45, 7) is 4.03. The van der Waals surface area contributed by atoms with Crippen molar-refractivity contribution >= 4 is 5.65 Å². The summed E-state index contributed by atoms with van der Waals surface area (Å²) in [6, 6.07) is 19.0. The Kier molecular flexibility index (Phi) is 4.05. The fourth-order valence-electron chi connectivity index (χ4n) is 2.89. The van der Waals surface area contributed by atoms with Gasteiger partial charge in [-0.25, -0.2) is 0 Å². The first kappa shape index (κ1) is 16.1. The molecule has 130 valence electrons. The van der Waals surface area contributed by atoms with E-state index in [0.717, 1.165) is 33.9 Å². The highest BCUT2D eigenvalue weighted by atomic mass is 16.5. The van der Waals surface area contributed by atoms with Gasteiger partial charge in [0, 0.05) is 11.8 Å². The van der Waals surface area contributed by atoms with Crippen LogP contribution in [0.2, 0.25) is 0 Å². The third kappa shape index (κ3) is 3.11. The van der Waals surface area contributed by atoms with Crippen LogP contribution in [0.5, 0.6) is 11.5 Å². The summed E-state index contributed by atoms with van der Waals surface area (Å²) >= 11 is 0. The summed E-state index contributed by atoms with van der Waals surface area (Å²) in [7, 11) is 0. The molecular formula is C21H19N3O2. The Morgan fingerprint density at radius 3 is 2.42 bits per heavy atom. The lowest BCUT2D eigenvalue weighted by Gasteiger charge is -2.11. The Morgan fingerprint density at radius 1 is 0.885 bits per heavy atom. The number of nitrogens with zero attached hydrogens (tertiary/aromatic N) is 3. The van der Waals surface area contributed by atoms with Gasteiger partial charge in [-0.3, -0.25) is 4.40 Å². The number of rotatable bonds is 4. The lowest BCUT2D eigenvalue weighted by Crippen LogP contribution is -2.05. The molecule has 0 aliphatic rings. The van der Waals surface area contributed by atoms with E-state index in [0.29, 0.717) is 0 Å². The molecule has 0 aliphatic heterocycles.